The van der Waals surface area contributed by atoms with Gasteiger partial charge in [-0.25, -0.2) is 0 Å². The molecule has 2 aromatic rings. The third kappa shape index (κ3) is 3.33. The lowest BCUT2D eigenvalue weighted by atomic mass is 10.1. The van der Waals surface area contributed by atoms with Gasteiger partial charge in [0.15, 0.2) is 0 Å². The van der Waals surface area contributed by atoms with E-state index in [1.54, 1.807) is 24.3 Å². The largest absolute Gasteiger partial charge is 0.394 e. The second-order valence-corrected chi connectivity index (χ2v) is 3.86. The number of H-pyrrole nitrogens is 1. The van der Waals surface area contributed by atoms with Gasteiger partial charge in [0.05, 0.1) is 12.7 Å². The standard InChI is InChI=1S/C11H13N5O3/c17-6-9(18)5-12-11(19)8-3-1-7(2-4-8)10-13-15-16-14-10/h1-4,9,17-18H,5-6H2,(H,12,19)(H,13,14,15,16). The Labute approximate surface area is 108 Å². The van der Waals surface area contributed by atoms with Crippen molar-refractivity contribution in [2.75, 3.05) is 13.2 Å². The van der Waals surface area contributed by atoms with Crippen LogP contribution in [-0.4, -0.2) is 56.0 Å². The molecule has 0 bridgehead atoms. The molecule has 0 saturated heterocycles. The normalized spacial score (nSPS) is 12.1. The highest BCUT2D eigenvalue weighted by molar-refractivity contribution is 5.94. The van der Waals surface area contributed by atoms with Gasteiger partial charge in [0.1, 0.15) is 0 Å². The summed E-state index contributed by atoms with van der Waals surface area (Å²) in [7, 11) is 0. The minimum atomic E-state index is -0.956. The van der Waals surface area contributed by atoms with Gasteiger partial charge in [0.2, 0.25) is 5.82 Å². The number of nitrogens with one attached hydrogen (secondary N) is 2. The fourth-order valence-electron chi connectivity index (χ4n) is 1.43. The Hall–Kier alpha value is -2.32. The van der Waals surface area contributed by atoms with Crippen molar-refractivity contribution in [1.82, 2.24) is 25.9 Å². The minimum Gasteiger partial charge on any atom is -0.394 e. The zero-order valence-electron chi connectivity index (χ0n) is 9.95. The molecule has 0 spiro atoms. The van der Waals surface area contributed by atoms with Crippen LogP contribution in [0.15, 0.2) is 24.3 Å². The first-order valence-electron chi connectivity index (χ1n) is 5.61. The zero-order chi connectivity index (χ0) is 13.7. The molecule has 0 aliphatic heterocycles. The molecule has 0 aliphatic carbocycles. The van der Waals surface area contributed by atoms with Crippen molar-refractivity contribution in [2.45, 2.75) is 6.10 Å². The Morgan fingerprint density at radius 2 is 2.11 bits per heavy atom. The number of aromatic nitrogens is 4. The maximum Gasteiger partial charge on any atom is 0.251 e. The van der Waals surface area contributed by atoms with Crippen molar-refractivity contribution in [3.05, 3.63) is 29.8 Å². The van der Waals surface area contributed by atoms with Crippen molar-refractivity contribution in [3.63, 3.8) is 0 Å². The molecule has 100 valence electrons. The Bertz CT molecular complexity index is 526. The molecule has 8 nitrogen and oxygen atoms in total. The second-order valence-electron chi connectivity index (χ2n) is 3.86. The molecule has 19 heavy (non-hydrogen) atoms. The number of aliphatic hydroxyl groups excluding tert-OH is 2. The van der Waals surface area contributed by atoms with Crippen molar-refractivity contribution in [1.29, 1.82) is 0 Å². The molecule has 1 unspecified atom stereocenters. The third-order valence-electron chi connectivity index (χ3n) is 2.46. The van der Waals surface area contributed by atoms with Gasteiger partial charge in [-0.05, 0) is 17.3 Å². The second kappa shape index (κ2) is 6.03. The van der Waals surface area contributed by atoms with E-state index < -0.39 is 12.7 Å². The van der Waals surface area contributed by atoms with Crippen molar-refractivity contribution in [3.8, 4) is 11.4 Å². The van der Waals surface area contributed by atoms with Crippen LogP contribution in [0.3, 0.4) is 0 Å². The first-order valence-corrected chi connectivity index (χ1v) is 5.61. The van der Waals surface area contributed by atoms with Crippen LogP contribution in [0.1, 0.15) is 10.4 Å². The van der Waals surface area contributed by atoms with Gasteiger partial charge in [-0.3, -0.25) is 4.79 Å². The minimum absolute atomic E-state index is 0.00191. The topological polar surface area (TPSA) is 124 Å². The van der Waals surface area contributed by atoms with E-state index >= 15 is 0 Å². The Kier molecular flexibility index (Phi) is 4.16. The molecule has 1 aromatic heterocycles. The molecule has 8 heteroatoms. The first-order chi connectivity index (χ1) is 9.20. The van der Waals surface area contributed by atoms with Gasteiger partial charge in [-0.15, -0.1) is 10.2 Å². The van der Waals surface area contributed by atoms with E-state index in [0.717, 1.165) is 5.56 Å². The molecular formula is C11H13N5O3. The van der Waals surface area contributed by atoms with Gasteiger partial charge in [0, 0.05) is 17.7 Å². The number of aliphatic hydroxyl groups is 2. The van der Waals surface area contributed by atoms with Crippen LogP contribution in [0.25, 0.3) is 11.4 Å². The Balaban J connectivity index is 2.00. The lowest BCUT2D eigenvalue weighted by molar-refractivity contribution is 0.0802. The quantitative estimate of drug-likeness (QED) is 0.545. The summed E-state index contributed by atoms with van der Waals surface area (Å²) in [5, 5.41) is 33.7. The zero-order valence-corrected chi connectivity index (χ0v) is 9.95. The van der Waals surface area contributed by atoms with Crippen LogP contribution in [0.5, 0.6) is 0 Å². The summed E-state index contributed by atoms with van der Waals surface area (Å²) < 4.78 is 0. The Morgan fingerprint density at radius 3 is 2.68 bits per heavy atom. The number of tetrazole rings is 1. The van der Waals surface area contributed by atoms with Crippen LogP contribution in [0.4, 0.5) is 0 Å². The van der Waals surface area contributed by atoms with E-state index in [9.17, 15) is 4.79 Å². The molecular weight excluding hydrogens is 250 g/mol. The van der Waals surface area contributed by atoms with Gasteiger partial charge in [-0.1, -0.05) is 12.1 Å². The van der Waals surface area contributed by atoms with Crippen LogP contribution >= 0.6 is 0 Å². The highest BCUT2D eigenvalue weighted by Gasteiger charge is 2.09. The number of rotatable bonds is 5. The average molecular weight is 263 g/mol. The molecule has 1 amide bonds. The molecule has 0 radical (unpaired) electrons. The molecule has 1 heterocycles. The molecule has 1 atom stereocenters. The predicted molar refractivity (Wildman–Crippen MR) is 65.0 cm³/mol. The van der Waals surface area contributed by atoms with E-state index in [1.807, 2.05) is 0 Å². The SMILES string of the molecule is O=C(NCC(O)CO)c1ccc(-c2nn[nH]n2)cc1. The van der Waals surface area contributed by atoms with Crippen molar-refractivity contribution < 1.29 is 15.0 Å². The number of hydrogen-bond acceptors (Lipinski definition) is 6. The highest BCUT2D eigenvalue weighted by atomic mass is 16.3. The van der Waals surface area contributed by atoms with E-state index in [2.05, 4.69) is 25.9 Å². The average Bonchev–Trinajstić information content (AvgIpc) is 2.98. The van der Waals surface area contributed by atoms with Crippen molar-refractivity contribution in [2.24, 2.45) is 0 Å². The number of carbonyl (C=O) groups is 1. The molecule has 0 fully saturated rings. The molecule has 0 saturated carbocycles. The fraction of sp³-hybridized carbons (Fsp3) is 0.273. The summed E-state index contributed by atoms with van der Waals surface area (Å²) in [6, 6.07) is 6.63. The lowest BCUT2D eigenvalue weighted by Gasteiger charge is -2.09. The number of benzene rings is 1. The number of hydrogen-bond donors (Lipinski definition) is 4. The van der Waals surface area contributed by atoms with Gasteiger partial charge < -0.3 is 15.5 Å². The fourth-order valence-corrected chi connectivity index (χ4v) is 1.43. The smallest absolute Gasteiger partial charge is 0.251 e. The first kappa shape index (κ1) is 13.1. The molecule has 2 rings (SSSR count). The maximum atomic E-state index is 11.7. The lowest BCUT2D eigenvalue weighted by Crippen LogP contribution is -2.33. The van der Waals surface area contributed by atoms with E-state index in [1.165, 1.54) is 0 Å². The number of amides is 1. The third-order valence-corrected chi connectivity index (χ3v) is 2.46. The number of aromatic amines is 1. The monoisotopic (exact) mass is 263 g/mol. The summed E-state index contributed by atoms with van der Waals surface area (Å²) in [6.07, 6.45) is -0.956. The summed E-state index contributed by atoms with van der Waals surface area (Å²) >= 11 is 0. The van der Waals surface area contributed by atoms with Gasteiger partial charge in [-0.2, -0.15) is 5.21 Å². The summed E-state index contributed by atoms with van der Waals surface area (Å²) in [5.41, 5.74) is 1.18. The van der Waals surface area contributed by atoms with Crippen LogP contribution in [0.2, 0.25) is 0 Å². The van der Waals surface area contributed by atoms with Crippen LogP contribution < -0.4 is 5.32 Å². The summed E-state index contributed by atoms with van der Waals surface area (Å²) in [5.74, 6) is 0.120. The Morgan fingerprint density at radius 1 is 1.37 bits per heavy atom. The summed E-state index contributed by atoms with van der Waals surface area (Å²) in [6.45, 7) is -0.390. The van der Waals surface area contributed by atoms with Crippen LogP contribution in [0, 0.1) is 0 Å². The van der Waals surface area contributed by atoms with E-state index in [4.69, 9.17) is 10.2 Å². The molecule has 1 aromatic carbocycles. The number of carbonyl (C=O) groups excluding carboxylic acids is 1. The highest BCUT2D eigenvalue weighted by Crippen LogP contribution is 2.13. The van der Waals surface area contributed by atoms with Gasteiger partial charge >= 0.3 is 0 Å². The molecule has 0 aliphatic rings. The van der Waals surface area contributed by atoms with Crippen LogP contribution in [-0.2, 0) is 0 Å². The number of nitrogens with zero attached hydrogens (tertiary/aromatic N) is 3. The molecule has 4 N–H and O–H groups in total. The van der Waals surface area contributed by atoms with E-state index in [0.29, 0.717) is 11.4 Å². The predicted octanol–water partition coefficient (Wildman–Crippen LogP) is -1.05. The van der Waals surface area contributed by atoms with E-state index in [-0.39, 0.29) is 12.5 Å². The van der Waals surface area contributed by atoms with Crippen molar-refractivity contribution >= 4 is 5.91 Å². The van der Waals surface area contributed by atoms with Gasteiger partial charge in [0.25, 0.3) is 5.91 Å². The summed E-state index contributed by atoms with van der Waals surface area (Å²) in [4.78, 5) is 11.7. The maximum absolute atomic E-state index is 11.7.